The van der Waals surface area contributed by atoms with Crippen molar-refractivity contribution in [3.63, 3.8) is 0 Å². The van der Waals surface area contributed by atoms with Crippen LogP contribution in [0.1, 0.15) is 6.42 Å². The Morgan fingerprint density at radius 2 is 2.10 bits per heavy atom. The van der Waals surface area contributed by atoms with Crippen LogP contribution < -0.4 is 0 Å². The Bertz CT molecular complexity index is 174. The van der Waals surface area contributed by atoms with Gasteiger partial charge in [-0.25, -0.2) is 4.79 Å². The summed E-state index contributed by atoms with van der Waals surface area (Å²) in [6.07, 6.45) is -0.480. The molecule has 10 heavy (non-hydrogen) atoms. The molecule has 0 heterocycles. The fourth-order valence-corrected chi connectivity index (χ4v) is 0.294. The van der Waals surface area contributed by atoms with Gasteiger partial charge >= 0.3 is 5.97 Å². The zero-order valence-corrected chi connectivity index (χ0v) is 5.38. The number of rotatable bonds is 3. The lowest BCUT2D eigenvalue weighted by Gasteiger charge is -1.96. The second-order valence-corrected chi connectivity index (χ2v) is 1.53. The van der Waals surface area contributed by atoms with Crippen molar-refractivity contribution in [2.75, 3.05) is 7.11 Å². The molecule has 0 saturated carbocycles. The Kier molecular flexibility index (Phi) is 3.10. The van der Waals surface area contributed by atoms with Crippen LogP contribution in [-0.2, 0) is 14.3 Å². The van der Waals surface area contributed by atoms with Crippen LogP contribution in [0.5, 0.6) is 0 Å². The fraction of sp³-hybridized carbons (Fsp3) is 0.400. The third kappa shape index (κ3) is 2.81. The fourth-order valence-electron chi connectivity index (χ4n) is 0.294. The van der Waals surface area contributed by atoms with Crippen LogP contribution in [0.2, 0.25) is 0 Å². The van der Waals surface area contributed by atoms with Crippen molar-refractivity contribution in [2.45, 2.75) is 6.42 Å². The quantitative estimate of drug-likeness (QED) is 0.323. The molecule has 0 aromatic heterocycles. The van der Waals surface area contributed by atoms with Gasteiger partial charge in [0.25, 0.3) is 0 Å². The molecule has 5 nitrogen and oxygen atoms in total. The van der Waals surface area contributed by atoms with E-state index < -0.39 is 18.2 Å². The van der Waals surface area contributed by atoms with E-state index in [2.05, 4.69) is 4.74 Å². The molecule has 0 aromatic carbocycles. The molecule has 0 atom stereocenters. The van der Waals surface area contributed by atoms with Gasteiger partial charge in [0.2, 0.25) is 5.78 Å². The predicted octanol–water partition coefficient (Wildman–Crippen LogP) is -0.346. The van der Waals surface area contributed by atoms with Gasteiger partial charge in [0.1, 0.15) is 0 Å². The number of carbonyl (C=O) groups is 2. The topological polar surface area (TPSA) is 87.5 Å². The number of carbonyl (C=O) groups excluding carboxylic acids is 1. The lowest BCUT2D eigenvalue weighted by Crippen LogP contribution is -2.17. The number of nitrogens with one attached hydrogen (secondary N) is 1. The van der Waals surface area contributed by atoms with Gasteiger partial charge in [-0.2, -0.15) is 0 Å². The van der Waals surface area contributed by atoms with Gasteiger partial charge in [0, 0.05) is 0 Å². The first kappa shape index (κ1) is 8.61. The highest BCUT2D eigenvalue weighted by Gasteiger charge is 2.13. The third-order valence-electron chi connectivity index (χ3n) is 0.806. The second-order valence-electron chi connectivity index (χ2n) is 1.53. The summed E-state index contributed by atoms with van der Waals surface area (Å²) >= 11 is 0. The molecule has 0 aliphatic rings. The van der Waals surface area contributed by atoms with Crippen molar-refractivity contribution >= 4 is 17.7 Å². The number of hydrogen-bond acceptors (Lipinski definition) is 4. The first-order chi connectivity index (χ1) is 4.57. The van der Waals surface area contributed by atoms with Crippen molar-refractivity contribution in [2.24, 2.45) is 0 Å². The number of ketones is 1. The summed E-state index contributed by atoms with van der Waals surface area (Å²) in [5.41, 5.74) is 0. The van der Waals surface area contributed by atoms with Crippen molar-refractivity contribution in [3.05, 3.63) is 0 Å². The monoisotopic (exact) mass is 145 g/mol. The summed E-state index contributed by atoms with van der Waals surface area (Å²) in [5.74, 6) is -2.92. The van der Waals surface area contributed by atoms with Crippen molar-refractivity contribution in [3.8, 4) is 0 Å². The molecule has 0 amide bonds. The van der Waals surface area contributed by atoms with Crippen molar-refractivity contribution in [1.82, 2.24) is 0 Å². The molecule has 0 fully saturated rings. The number of Topliss-reactive ketones (excluding diaryl/α,β-unsaturated/α-hetero) is 1. The van der Waals surface area contributed by atoms with E-state index >= 15 is 0 Å². The zero-order chi connectivity index (χ0) is 8.15. The number of ether oxygens (including phenoxy) is 1. The Morgan fingerprint density at radius 1 is 1.60 bits per heavy atom. The molecule has 0 aliphatic carbocycles. The van der Waals surface area contributed by atoms with Crippen LogP contribution in [0.25, 0.3) is 0 Å². The number of hydrogen-bond donors (Lipinski definition) is 2. The minimum Gasteiger partial charge on any atom is -0.484 e. The molecule has 56 valence electrons. The summed E-state index contributed by atoms with van der Waals surface area (Å²) < 4.78 is 4.27. The molecule has 0 aliphatic heterocycles. The highest BCUT2D eigenvalue weighted by atomic mass is 16.5. The van der Waals surface area contributed by atoms with Gasteiger partial charge in [-0.1, -0.05) is 0 Å². The van der Waals surface area contributed by atoms with E-state index in [1.165, 1.54) is 7.11 Å². The lowest BCUT2D eigenvalue weighted by molar-refractivity contribution is -0.148. The zero-order valence-electron chi connectivity index (χ0n) is 5.38. The molecule has 2 N–H and O–H groups in total. The summed E-state index contributed by atoms with van der Waals surface area (Å²) in [6.45, 7) is 0. The largest absolute Gasteiger partial charge is 0.484 e. The van der Waals surface area contributed by atoms with Crippen LogP contribution >= 0.6 is 0 Å². The van der Waals surface area contributed by atoms with Crippen LogP contribution in [0.15, 0.2) is 0 Å². The highest BCUT2D eigenvalue weighted by Crippen LogP contribution is 1.86. The first-order valence-electron chi connectivity index (χ1n) is 2.45. The SMILES string of the molecule is COC(=N)CC(=O)C(=O)O. The van der Waals surface area contributed by atoms with Gasteiger partial charge < -0.3 is 9.84 Å². The minimum absolute atomic E-state index is 0.340. The maximum Gasteiger partial charge on any atom is 0.372 e. The molecular weight excluding hydrogens is 138 g/mol. The maximum atomic E-state index is 10.3. The van der Waals surface area contributed by atoms with Gasteiger partial charge in [0.05, 0.1) is 13.5 Å². The predicted molar refractivity (Wildman–Crippen MR) is 32.0 cm³/mol. The molecule has 0 radical (unpaired) electrons. The van der Waals surface area contributed by atoms with E-state index in [0.717, 1.165) is 0 Å². The van der Waals surface area contributed by atoms with Crippen LogP contribution in [0.4, 0.5) is 0 Å². The molecule has 0 rings (SSSR count). The summed E-state index contributed by atoms with van der Waals surface area (Å²) in [5, 5.41) is 14.8. The maximum absolute atomic E-state index is 10.3. The van der Waals surface area contributed by atoms with Gasteiger partial charge in [-0.15, -0.1) is 0 Å². The molecule has 0 spiro atoms. The third-order valence-corrected chi connectivity index (χ3v) is 0.806. The van der Waals surface area contributed by atoms with Gasteiger partial charge in [-0.05, 0) is 0 Å². The Morgan fingerprint density at radius 3 is 2.40 bits per heavy atom. The van der Waals surface area contributed by atoms with Gasteiger partial charge in [0.15, 0.2) is 5.90 Å². The minimum atomic E-state index is -1.54. The molecule has 5 heteroatoms. The molecular formula is C5H7NO4. The average molecular weight is 145 g/mol. The lowest BCUT2D eigenvalue weighted by atomic mass is 10.3. The first-order valence-corrected chi connectivity index (χ1v) is 2.45. The second kappa shape index (κ2) is 3.60. The Labute approximate surface area is 57.1 Å². The van der Waals surface area contributed by atoms with E-state index in [-0.39, 0.29) is 5.90 Å². The van der Waals surface area contributed by atoms with E-state index in [1.54, 1.807) is 0 Å². The number of aliphatic carboxylic acids is 1. The van der Waals surface area contributed by atoms with Crippen molar-refractivity contribution in [1.29, 1.82) is 5.41 Å². The summed E-state index contributed by atoms with van der Waals surface area (Å²) in [6, 6.07) is 0. The molecule has 0 bridgehead atoms. The number of methoxy groups -OCH3 is 1. The molecule has 0 saturated heterocycles. The summed E-state index contributed by atoms with van der Waals surface area (Å²) in [7, 11) is 1.21. The normalized spacial score (nSPS) is 8.50. The van der Waals surface area contributed by atoms with Crippen LogP contribution in [0.3, 0.4) is 0 Å². The van der Waals surface area contributed by atoms with E-state index in [1.807, 2.05) is 0 Å². The average Bonchev–Trinajstić information content (AvgIpc) is 1.87. The summed E-state index contributed by atoms with van der Waals surface area (Å²) in [4.78, 5) is 20.1. The molecule has 0 aromatic rings. The Hall–Kier alpha value is -1.39. The standard InChI is InChI=1S/C5H7NO4/c1-10-4(6)2-3(7)5(8)9/h6H,2H2,1H3,(H,8,9). The van der Waals surface area contributed by atoms with Crippen molar-refractivity contribution < 1.29 is 19.4 Å². The van der Waals surface area contributed by atoms with E-state index in [4.69, 9.17) is 10.5 Å². The smallest absolute Gasteiger partial charge is 0.372 e. The van der Waals surface area contributed by atoms with Gasteiger partial charge in [-0.3, -0.25) is 10.2 Å². The molecule has 0 unspecified atom stereocenters. The highest BCUT2D eigenvalue weighted by molar-refractivity contribution is 6.35. The number of carboxylic acids is 1. The van der Waals surface area contributed by atoms with Crippen LogP contribution in [0, 0.1) is 5.41 Å². The van der Waals surface area contributed by atoms with E-state index in [9.17, 15) is 9.59 Å². The number of carboxylic acid groups (broad SMARTS) is 1. The van der Waals surface area contributed by atoms with E-state index in [0.29, 0.717) is 0 Å². The Balaban J connectivity index is 3.80. The van der Waals surface area contributed by atoms with Crippen LogP contribution in [-0.4, -0.2) is 29.9 Å².